The maximum atomic E-state index is 12.5. The van der Waals surface area contributed by atoms with Gasteiger partial charge in [0.1, 0.15) is 18.7 Å². The molecule has 1 aliphatic rings. The number of carbonyl (C=O) groups excluding carboxylic acids is 2. The predicted octanol–water partition coefficient (Wildman–Crippen LogP) is -0.160. The number of morpholine rings is 1. The zero-order valence-electron chi connectivity index (χ0n) is 21.1. The molecule has 0 radical (unpaired) electrons. The minimum Gasteiger partial charge on any atom is -0.470 e. The van der Waals surface area contributed by atoms with Crippen LogP contribution in [0.15, 0.2) is 36.2 Å². The summed E-state index contributed by atoms with van der Waals surface area (Å²) in [7, 11) is 0. The lowest BCUT2D eigenvalue weighted by molar-refractivity contribution is -0.117. The van der Waals surface area contributed by atoms with E-state index >= 15 is 0 Å². The number of aliphatic hydroxyl groups excluding tert-OH is 1. The number of hydrogen-bond donors (Lipinski definition) is 5. The number of pyridine rings is 1. The molecule has 2 aromatic rings. The molecule has 6 N–H and O–H groups in total. The lowest BCUT2D eigenvalue weighted by Gasteiger charge is -2.26. The minimum absolute atomic E-state index is 0.0143. The van der Waals surface area contributed by atoms with Crippen molar-refractivity contribution in [2.75, 3.05) is 32.9 Å². The molecular formula is C24H32N8O5. The Morgan fingerprint density at radius 1 is 1.30 bits per heavy atom. The first-order valence-corrected chi connectivity index (χ1v) is 11.6. The van der Waals surface area contributed by atoms with Crippen LogP contribution in [-0.2, 0) is 21.6 Å². The smallest absolute Gasteiger partial charge is 0.267 e. The predicted molar refractivity (Wildman–Crippen MR) is 133 cm³/mol. The number of amides is 1. The van der Waals surface area contributed by atoms with E-state index in [0.717, 1.165) is 10.8 Å². The summed E-state index contributed by atoms with van der Waals surface area (Å²) in [5.74, 6) is -1.20. The number of ketones is 1. The molecule has 37 heavy (non-hydrogen) atoms. The molecule has 0 saturated carbocycles. The third-order valence-corrected chi connectivity index (χ3v) is 5.41. The number of ether oxygens (including phenoxy) is 2. The minimum atomic E-state index is -0.752. The second kappa shape index (κ2) is 11.9. The summed E-state index contributed by atoms with van der Waals surface area (Å²) in [6.45, 7) is 7.40. The van der Waals surface area contributed by atoms with Gasteiger partial charge in [0, 0.05) is 30.9 Å². The summed E-state index contributed by atoms with van der Waals surface area (Å²) in [5, 5.41) is 31.6. The van der Waals surface area contributed by atoms with Gasteiger partial charge < -0.3 is 20.3 Å². The van der Waals surface area contributed by atoms with Crippen LogP contribution in [0.1, 0.15) is 42.4 Å². The Balaban J connectivity index is 1.78. The van der Waals surface area contributed by atoms with E-state index in [1.165, 1.54) is 12.3 Å². The summed E-state index contributed by atoms with van der Waals surface area (Å²) in [6.07, 6.45) is 2.37. The number of allylic oxidation sites excluding steroid dienone is 1. The Labute approximate surface area is 213 Å². The average Bonchev–Trinajstić information content (AvgIpc) is 2.87. The highest BCUT2D eigenvalue weighted by molar-refractivity contribution is 6.03. The number of hydrogen-bond acceptors (Lipinski definition) is 11. The molecule has 0 aromatic carbocycles. The standard InChI is InChI=1S/C24H32N8O5/c1-24(2,3)18-11-20(26)32(21(27)19(25)10-17(34)13-33)30-23(18)37-14-16-5-4-15(12-28-16)22(35)29-31-6-8-36-9-7-31/h4-5,10-12,26-27,33H,6-9,13-14,25H2,1-3H3,(H,29,35). The van der Waals surface area contributed by atoms with Crippen LogP contribution in [0, 0.1) is 10.8 Å². The molecule has 198 valence electrons. The van der Waals surface area contributed by atoms with Gasteiger partial charge in [-0.25, -0.2) is 5.01 Å². The van der Waals surface area contributed by atoms with Crippen LogP contribution in [-0.4, -0.2) is 75.3 Å². The molecule has 3 rings (SSSR count). The van der Waals surface area contributed by atoms with Gasteiger partial charge in [-0.2, -0.15) is 4.68 Å². The highest BCUT2D eigenvalue weighted by atomic mass is 16.5. The van der Waals surface area contributed by atoms with Crippen molar-refractivity contribution < 1.29 is 24.2 Å². The molecule has 3 heterocycles. The Kier molecular flexibility index (Phi) is 8.86. The molecule has 1 amide bonds. The fraction of sp³-hybridized carbons (Fsp3) is 0.417. The van der Waals surface area contributed by atoms with Crippen LogP contribution >= 0.6 is 0 Å². The Hall–Kier alpha value is -3.94. The van der Waals surface area contributed by atoms with Gasteiger partial charge in [0.25, 0.3) is 5.91 Å². The normalized spacial score (nSPS) is 14.8. The molecule has 0 spiro atoms. The molecule has 0 bridgehead atoms. The van der Waals surface area contributed by atoms with Crippen molar-refractivity contribution in [3.05, 3.63) is 58.5 Å². The highest BCUT2D eigenvalue weighted by Crippen LogP contribution is 2.28. The number of aromatic nitrogens is 3. The summed E-state index contributed by atoms with van der Waals surface area (Å²) >= 11 is 0. The highest BCUT2D eigenvalue weighted by Gasteiger charge is 2.23. The summed E-state index contributed by atoms with van der Waals surface area (Å²) in [4.78, 5) is 28.3. The largest absolute Gasteiger partial charge is 0.470 e. The molecule has 0 atom stereocenters. The van der Waals surface area contributed by atoms with Gasteiger partial charge >= 0.3 is 0 Å². The third kappa shape index (κ3) is 7.29. The molecule has 0 unspecified atom stereocenters. The van der Waals surface area contributed by atoms with Crippen molar-refractivity contribution in [2.24, 2.45) is 5.73 Å². The number of nitrogens with two attached hydrogens (primary N) is 1. The van der Waals surface area contributed by atoms with Crippen molar-refractivity contribution in [1.82, 2.24) is 25.2 Å². The summed E-state index contributed by atoms with van der Waals surface area (Å²) in [6, 6.07) is 4.83. The van der Waals surface area contributed by atoms with E-state index in [1.54, 1.807) is 17.1 Å². The molecule has 2 aromatic heterocycles. The van der Waals surface area contributed by atoms with Crippen LogP contribution in [0.5, 0.6) is 5.88 Å². The van der Waals surface area contributed by atoms with Crippen molar-refractivity contribution >= 4 is 17.5 Å². The Morgan fingerprint density at radius 3 is 2.59 bits per heavy atom. The second-order valence-electron chi connectivity index (χ2n) is 9.35. The van der Waals surface area contributed by atoms with Gasteiger partial charge in [0.05, 0.1) is 30.2 Å². The molecule has 1 saturated heterocycles. The average molecular weight is 513 g/mol. The van der Waals surface area contributed by atoms with E-state index < -0.39 is 23.6 Å². The number of aliphatic hydroxyl groups is 1. The molecular weight excluding hydrogens is 480 g/mol. The van der Waals surface area contributed by atoms with Crippen LogP contribution in [0.2, 0.25) is 0 Å². The van der Waals surface area contributed by atoms with Gasteiger partial charge in [-0.15, -0.1) is 5.10 Å². The van der Waals surface area contributed by atoms with E-state index in [4.69, 9.17) is 31.1 Å². The second-order valence-corrected chi connectivity index (χ2v) is 9.35. The maximum absolute atomic E-state index is 12.5. The Morgan fingerprint density at radius 2 is 2.00 bits per heavy atom. The topological polar surface area (TPSA) is 193 Å². The van der Waals surface area contributed by atoms with Crippen LogP contribution in [0.4, 0.5) is 0 Å². The summed E-state index contributed by atoms with van der Waals surface area (Å²) in [5.41, 5.74) is 9.35. The van der Waals surface area contributed by atoms with E-state index in [9.17, 15) is 9.59 Å². The van der Waals surface area contributed by atoms with E-state index in [0.29, 0.717) is 43.1 Å². The fourth-order valence-electron chi connectivity index (χ4n) is 3.35. The Bertz CT molecular complexity index is 1240. The monoisotopic (exact) mass is 512 g/mol. The molecule has 13 nitrogen and oxygen atoms in total. The molecule has 13 heteroatoms. The van der Waals surface area contributed by atoms with Crippen molar-refractivity contribution in [3.63, 3.8) is 0 Å². The lowest BCUT2D eigenvalue weighted by atomic mass is 9.88. The van der Waals surface area contributed by atoms with Crippen LogP contribution < -0.4 is 21.4 Å². The number of nitrogens with one attached hydrogen (secondary N) is 3. The lowest BCUT2D eigenvalue weighted by Crippen LogP contribution is -2.48. The van der Waals surface area contributed by atoms with Gasteiger partial charge in [0.15, 0.2) is 11.6 Å². The molecule has 0 aliphatic carbocycles. The van der Waals surface area contributed by atoms with Crippen LogP contribution in [0.25, 0.3) is 0 Å². The quantitative estimate of drug-likeness (QED) is 0.182. The van der Waals surface area contributed by atoms with Crippen molar-refractivity contribution in [1.29, 1.82) is 10.8 Å². The van der Waals surface area contributed by atoms with Crippen molar-refractivity contribution in [2.45, 2.75) is 32.8 Å². The van der Waals surface area contributed by atoms with Gasteiger partial charge in [0.2, 0.25) is 5.88 Å². The van der Waals surface area contributed by atoms with E-state index in [-0.39, 0.29) is 29.6 Å². The van der Waals surface area contributed by atoms with E-state index in [1.807, 2.05) is 20.8 Å². The van der Waals surface area contributed by atoms with E-state index in [2.05, 4.69) is 15.5 Å². The van der Waals surface area contributed by atoms with Gasteiger partial charge in [-0.05, 0) is 23.6 Å². The first-order valence-electron chi connectivity index (χ1n) is 11.6. The third-order valence-electron chi connectivity index (χ3n) is 5.41. The number of nitrogens with zero attached hydrogens (tertiary/aromatic N) is 4. The fourth-order valence-corrected chi connectivity index (χ4v) is 3.35. The SMILES string of the molecule is CC(C)(C)c1cc(=N)n(C(=N)C(N)=CC(=O)CO)nc1OCc1ccc(C(=O)NN2CCOCC2)cn1. The number of rotatable bonds is 8. The van der Waals surface area contributed by atoms with Crippen LogP contribution in [0.3, 0.4) is 0 Å². The van der Waals surface area contributed by atoms with Crippen molar-refractivity contribution in [3.8, 4) is 5.88 Å². The van der Waals surface area contributed by atoms with Gasteiger partial charge in [-0.1, -0.05) is 20.8 Å². The molecule has 1 aliphatic heterocycles. The summed E-state index contributed by atoms with van der Waals surface area (Å²) < 4.78 is 12.1. The van der Waals surface area contributed by atoms with Gasteiger partial charge in [-0.3, -0.25) is 30.8 Å². The first-order chi connectivity index (χ1) is 17.5. The maximum Gasteiger partial charge on any atom is 0.267 e. The first kappa shape index (κ1) is 27.6. The zero-order valence-corrected chi connectivity index (χ0v) is 21.1. The molecule has 1 fully saturated rings. The zero-order chi connectivity index (χ0) is 27.2. The number of hydrazine groups is 1. The number of carbonyl (C=O) groups is 2.